The second kappa shape index (κ2) is 8.47. The van der Waals surface area contributed by atoms with Crippen molar-refractivity contribution in [3.8, 4) is 16.3 Å². The van der Waals surface area contributed by atoms with E-state index in [0.29, 0.717) is 10.8 Å². The maximum Gasteiger partial charge on any atom is 0.222 e. The zero-order valence-corrected chi connectivity index (χ0v) is 17.8. The number of pyridine rings is 1. The van der Waals surface area contributed by atoms with Gasteiger partial charge in [0.05, 0.1) is 34.7 Å². The van der Waals surface area contributed by atoms with Crippen LogP contribution in [0.25, 0.3) is 16.2 Å². The average Bonchev–Trinajstić information content (AvgIpc) is 3.31. The Balaban J connectivity index is 1.74. The lowest BCUT2D eigenvalue weighted by Crippen LogP contribution is -2.13. The van der Waals surface area contributed by atoms with Crippen molar-refractivity contribution in [3.05, 3.63) is 75.9 Å². The number of hydrogen-bond donors (Lipinski definition) is 2. The summed E-state index contributed by atoms with van der Waals surface area (Å²) in [6.07, 6.45) is 3.37. The summed E-state index contributed by atoms with van der Waals surface area (Å²) in [7, 11) is 0. The zero-order valence-electron chi connectivity index (χ0n) is 16.2. The van der Waals surface area contributed by atoms with Crippen molar-refractivity contribution in [2.75, 3.05) is 0 Å². The van der Waals surface area contributed by atoms with Crippen LogP contribution in [0.4, 0.5) is 0 Å². The van der Waals surface area contributed by atoms with Crippen molar-refractivity contribution in [2.24, 2.45) is 5.73 Å². The number of carbonyl (C=O) groups excluding carboxylic acids is 1. The Morgan fingerprint density at radius 1 is 1.33 bits per heavy atom. The number of aliphatic hydroxyl groups excluding tert-OH is 1. The Labute approximate surface area is 182 Å². The monoisotopic (exact) mass is 441 g/mol. The summed E-state index contributed by atoms with van der Waals surface area (Å²) >= 11 is 7.74. The molecule has 6 nitrogen and oxygen atoms in total. The van der Waals surface area contributed by atoms with Crippen LogP contribution in [0.15, 0.2) is 54.9 Å². The standard InChI is InChI=1S/C22H20ClN3O3S/c1-13(15-4-2-3-5-16(15)23)29-18-8-19(30-20(18)9-21(24)28)17-10-25-22-7-6-14(12-27)11-26(17)22/h2-8,10-11,13,27H,9,12H2,1H3,(H2,24,28)/t13-/m1/s1. The number of fused-ring (bicyclic) bond motifs is 1. The number of thiophene rings is 1. The van der Waals surface area contributed by atoms with Gasteiger partial charge < -0.3 is 15.6 Å². The largest absolute Gasteiger partial charge is 0.485 e. The second-order valence-corrected chi connectivity index (χ2v) is 8.43. The minimum atomic E-state index is -0.431. The maximum absolute atomic E-state index is 11.6. The van der Waals surface area contributed by atoms with Crippen LogP contribution in [0.5, 0.6) is 5.75 Å². The number of carbonyl (C=O) groups is 1. The molecule has 4 rings (SSSR count). The van der Waals surface area contributed by atoms with Gasteiger partial charge >= 0.3 is 0 Å². The first-order valence-electron chi connectivity index (χ1n) is 9.35. The molecule has 3 aromatic heterocycles. The van der Waals surface area contributed by atoms with Gasteiger partial charge in [-0.2, -0.15) is 0 Å². The minimum Gasteiger partial charge on any atom is -0.485 e. The van der Waals surface area contributed by atoms with Crippen LogP contribution in [-0.4, -0.2) is 20.4 Å². The van der Waals surface area contributed by atoms with Gasteiger partial charge in [-0.3, -0.25) is 9.20 Å². The number of halogens is 1. The second-order valence-electron chi connectivity index (χ2n) is 6.89. The van der Waals surface area contributed by atoms with Crippen molar-refractivity contribution in [1.29, 1.82) is 0 Å². The van der Waals surface area contributed by atoms with E-state index in [4.69, 9.17) is 22.1 Å². The number of primary amides is 1. The first-order valence-corrected chi connectivity index (χ1v) is 10.5. The van der Waals surface area contributed by atoms with Crippen LogP contribution >= 0.6 is 22.9 Å². The van der Waals surface area contributed by atoms with Crippen molar-refractivity contribution in [2.45, 2.75) is 26.1 Å². The number of nitrogens with two attached hydrogens (primary N) is 1. The summed E-state index contributed by atoms with van der Waals surface area (Å²) < 4.78 is 8.11. The number of aromatic nitrogens is 2. The number of rotatable bonds is 7. The summed E-state index contributed by atoms with van der Waals surface area (Å²) in [4.78, 5) is 17.7. The minimum absolute atomic E-state index is 0.0609. The summed E-state index contributed by atoms with van der Waals surface area (Å²) in [5.41, 5.74) is 8.71. The third kappa shape index (κ3) is 4.05. The number of imidazole rings is 1. The van der Waals surface area contributed by atoms with Gasteiger partial charge in [0, 0.05) is 22.8 Å². The van der Waals surface area contributed by atoms with E-state index in [0.717, 1.165) is 32.2 Å². The molecule has 0 fully saturated rings. The van der Waals surface area contributed by atoms with Gasteiger partial charge in [0.15, 0.2) is 0 Å². The lowest BCUT2D eigenvalue weighted by atomic mass is 10.1. The number of amides is 1. The third-order valence-electron chi connectivity index (χ3n) is 4.75. The van der Waals surface area contributed by atoms with E-state index in [-0.39, 0.29) is 19.1 Å². The van der Waals surface area contributed by atoms with Crippen LogP contribution in [0.2, 0.25) is 5.02 Å². The predicted molar refractivity (Wildman–Crippen MR) is 118 cm³/mol. The molecule has 4 aromatic rings. The highest BCUT2D eigenvalue weighted by molar-refractivity contribution is 7.15. The Morgan fingerprint density at radius 3 is 2.87 bits per heavy atom. The molecule has 1 atom stereocenters. The molecule has 0 saturated heterocycles. The van der Waals surface area contributed by atoms with E-state index in [1.165, 1.54) is 11.3 Å². The van der Waals surface area contributed by atoms with E-state index >= 15 is 0 Å². The van der Waals surface area contributed by atoms with Gasteiger partial charge in [0.25, 0.3) is 0 Å². The van der Waals surface area contributed by atoms with E-state index in [1.807, 2.05) is 60.0 Å². The molecule has 0 bridgehead atoms. The Morgan fingerprint density at radius 2 is 2.13 bits per heavy atom. The normalized spacial score (nSPS) is 12.2. The molecule has 0 spiro atoms. The molecule has 30 heavy (non-hydrogen) atoms. The molecular weight excluding hydrogens is 422 g/mol. The summed E-state index contributed by atoms with van der Waals surface area (Å²) in [5.74, 6) is 0.161. The van der Waals surface area contributed by atoms with Gasteiger partial charge in [-0.1, -0.05) is 35.9 Å². The molecule has 0 radical (unpaired) electrons. The third-order valence-corrected chi connectivity index (χ3v) is 6.24. The molecule has 0 aliphatic carbocycles. The maximum atomic E-state index is 11.6. The van der Waals surface area contributed by atoms with Crippen LogP contribution < -0.4 is 10.5 Å². The lowest BCUT2D eigenvalue weighted by molar-refractivity contribution is -0.117. The Bertz CT molecular complexity index is 1220. The number of benzene rings is 1. The average molecular weight is 442 g/mol. The summed E-state index contributed by atoms with van der Waals surface area (Å²) in [6, 6.07) is 13.1. The SMILES string of the molecule is C[C@@H](Oc1cc(-c2cnc3ccc(CO)cn23)sc1CC(N)=O)c1ccccc1Cl. The number of hydrogen-bond acceptors (Lipinski definition) is 5. The highest BCUT2D eigenvalue weighted by atomic mass is 35.5. The van der Waals surface area contributed by atoms with E-state index in [1.54, 1.807) is 6.20 Å². The van der Waals surface area contributed by atoms with Crippen LogP contribution in [0, 0.1) is 0 Å². The smallest absolute Gasteiger partial charge is 0.222 e. The molecule has 3 N–H and O–H groups in total. The quantitative estimate of drug-likeness (QED) is 0.445. The van der Waals surface area contributed by atoms with Gasteiger partial charge in [0.1, 0.15) is 17.5 Å². The Hall–Kier alpha value is -2.87. The van der Waals surface area contributed by atoms with E-state index in [2.05, 4.69) is 4.98 Å². The molecule has 154 valence electrons. The van der Waals surface area contributed by atoms with Crippen molar-refractivity contribution in [1.82, 2.24) is 9.38 Å². The first-order chi connectivity index (χ1) is 14.5. The number of ether oxygens (including phenoxy) is 1. The van der Waals surface area contributed by atoms with Crippen LogP contribution in [0.1, 0.15) is 29.0 Å². The van der Waals surface area contributed by atoms with Gasteiger partial charge in [-0.25, -0.2) is 4.98 Å². The molecule has 0 saturated carbocycles. The number of nitrogens with zero attached hydrogens (tertiary/aromatic N) is 2. The highest BCUT2D eigenvalue weighted by Crippen LogP contribution is 2.39. The summed E-state index contributed by atoms with van der Waals surface area (Å²) in [5, 5.41) is 10.1. The molecule has 1 aromatic carbocycles. The van der Waals surface area contributed by atoms with Gasteiger partial charge in [0.2, 0.25) is 5.91 Å². The molecular formula is C22H20ClN3O3S. The Kier molecular flexibility index (Phi) is 5.76. The van der Waals surface area contributed by atoms with E-state index < -0.39 is 5.91 Å². The van der Waals surface area contributed by atoms with Crippen LogP contribution in [0.3, 0.4) is 0 Å². The predicted octanol–water partition coefficient (Wildman–Crippen LogP) is 4.38. The molecule has 0 unspecified atom stereocenters. The van der Waals surface area contributed by atoms with Crippen molar-refractivity contribution in [3.63, 3.8) is 0 Å². The molecule has 8 heteroatoms. The van der Waals surface area contributed by atoms with Crippen molar-refractivity contribution < 1.29 is 14.6 Å². The highest BCUT2D eigenvalue weighted by Gasteiger charge is 2.19. The summed E-state index contributed by atoms with van der Waals surface area (Å²) in [6.45, 7) is 1.85. The molecule has 3 heterocycles. The van der Waals surface area contributed by atoms with E-state index in [9.17, 15) is 9.90 Å². The topological polar surface area (TPSA) is 89.8 Å². The molecule has 1 amide bonds. The fraction of sp³-hybridized carbons (Fsp3) is 0.182. The molecule has 0 aliphatic rings. The zero-order chi connectivity index (χ0) is 21.3. The van der Waals surface area contributed by atoms with Gasteiger partial charge in [-0.05, 0) is 24.6 Å². The fourth-order valence-electron chi connectivity index (χ4n) is 3.28. The lowest BCUT2D eigenvalue weighted by Gasteiger charge is -2.16. The van der Waals surface area contributed by atoms with Crippen molar-refractivity contribution >= 4 is 34.5 Å². The molecule has 0 aliphatic heterocycles. The first kappa shape index (κ1) is 20.4. The van der Waals surface area contributed by atoms with Gasteiger partial charge in [-0.15, -0.1) is 11.3 Å². The number of aliphatic hydroxyl groups is 1. The fourth-order valence-corrected chi connectivity index (χ4v) is 4.68. The van der Waals surface area contributed by atoms with Crippen LogP contribution in [-0.2, 0) is 17.8 Å².